The van der Waals surface area contributed by atoms with Gasteiger partial charge in [0.05, 0.1) is 4.90 Å². The van der Waals surface area contributed by atoms with Crippen LogP contribution in [0.3, 0.4) is 0 Å². The van der Waals surface area contributed by atoms with Crippen LogP contribution in [-0.4, -0.2) is 31.9 Å². The summed E-state index contributed by atoms with van der Waals surface area (Å²) in [6.07, 6.45) is 2.86. The van der Waals surface area contributed by atoms with Gasteiger partial charge in [-0.3, -0.25) is 0 Å². The normalized spacial score (nSPS) is 27.3. The van der Waals surface area contributed by atoms with E-state index in [2.05, 4.69) is 12.2 Å². The Labute approximate surface area is 127 Å². The Bertz CT molecular complexity index is 627. The van der Waals surface area contributed by atoms with Gasteiger partial charge in [-0.2, -0.15) is 4.31 Å². The molecule has 21 heavy (non-hydrogen) atoms. The topological polar surface area (TPSA) is 49.4 Å². The molecular formula is C16H24N2O2S. The van der Waals surface area contributed by atoms with Gasteiger partial charge in [0.2, 0.25) is 10.0 Å². The minimum atomic E-state index is -3.38. The first kappa shape index (κ1) is 15.0. The average molecular weight is 308 g/mol. The molecule has 1 aromatic carbocycles. The molecule has 0 radical (unpaired) electrons. The maximum Gasteiger partial charge on any atom is 0.243 e. The largest absolute Gasteiger partial charge is 0.312 e. The van der Waals surface area contributed by atoms with Gasteiger partial charge < -0.3 is 5.32 Å². The lowest BCUT2D eigenvalue weighted by atomic mass is 9.97. The van der Waals surface area contributed by atoms with Crippen LogP contribution < -0.4 is 5.32 Å². The lowest BCUT2D eigenvalue weighted by molar-refractivity contribution is 0.218. The van der Waals surface area contributed by atoms with E-state index in [-0.39, 0.29) is 6.04 Å². The maximum absolute atomic E-state index is 13.1. The first-order valence-corrected chi connectivity index (χ1v) is 9.27. The molecule has 2 heterocycles. The molecule has 1 N–H and O–H groups in total. The average Bonchev–Trinajstić information content (AvgIpc) is 2.49. The molecule has 1 fully saturated rings. The Morgan fingerprint density at radius 3 is 2.86 bits per heavy atom. The van der Waals surface area contributed by atoms with Crippen LogP contribution in [-0.2, 0) is 23.0 Å². The monoisotopic (exact) mass is 308 g/mol. The van der Waals surface area contributed by atoms with Crippen LogP contribution in [0.4, 0.5) is 0 Å². The Balaban J connectivity index is 2.02. The van der Waals surface area contributed by atoms with E-state index in [1.54, 1.807) is 10.4 Å². The predicted molar refractivity (Wildman–Crippen MR) is 83.6 cm³/mol. The standard InChI is InChI=1S/C16H24N2O2S/c1-12-6-7-13(2)18(11-12)21(19,20)16-5-3-4-14-10-17-9-8-15(14)16/h3-5,12-13,17H,6-11H2,1-2H3. The second-order valence-electron chi connectivity index (χ2n) is 6.43. The number of benzene rings is 1. The van der Waals surface area contributed by atoms with E-state index in [0.717, 1.165) is 43.5 Å². The lowest BCUT2D eigenvalue weighted by Crippen LogP contribution is -2.45. The van der Waals surface area contributed by atoms with Gasteiger partial charge in [0, 0.05) is 19.1 Å². The number of sulfonamides is 1. The van der Waals surface area contributed by atoms with Crippen LogP contribution in [0, 0.1) is 5.92 Å². The summed E-state index contributed by atoms with van der Waals surface area (Å²) in [4.78, 5) is 0.530. The molecule has 0 saturated carbocycles. The molecule has 1 aromatic rings. The van der Waals surface area contributed by atoms with E-state index in [0.29, 0.717) is 17.4 Å². The third-order valence-electron chi connectivity index (χ3n) is 4.74. The fourth-order valence-electron chi connectivity index (χ4n) is 3.45. The van der Waals surface area contributed by atoms with Crippen molar-refractivity contribution in [3.8, 4) is 0 Å². The number of hydrogen-bond acceptors (Lipinski definition) is 3. The zero-order valence-corrected chi connectivity index (χ0v) is 13.6. The number of nitrogens with one attached hydrogen (secondary N) is 1. The SMILES string of the molecule is CC1CCC(C)N(S(=O)(=O)c2cccc3c2CCNC3)C1. The summed E-state index contributed by atoms with van der Waals surface area (Å²) in [7, 11) is -3.38. The summed E-state index contributed by atoms with van der Waals surface area (Å²) in [5.74, 6) is 0.442. The number of fused-ring (bicyclic) bond motifs is 1. The van der Waals surface area contributed by atoms with Gasteiger partial charge in [0.25, 0.3) is 0 Å². The molecule has 2 aliphatic heterocycles. The van der Waals surface area contributed by atoms with Gasteiger partial charge in [-0.25, -0.2) is 8.42 Å². The summed E-state index contributed by atoms with van der Waals surface area (Å²) in [5.41, 5.74) is 2.14. The molecule has 3 rings (SSSR count). The molecule has 2 aliphatic rings. The highest BCUT2D eigenvalue weighted by Gasteiger charge is 2.35. The Morgan fingerprint density at radius 1 is 1.24 bits per heavy atom. The summed E-state index contributed by atoms with van der Waals surface area (Å²) in [6.45, 7) is 6.43. The quantitative estimate of drug-likeness (QED) is 0.910. The van der Waals surface area contributed by atoms with Crippen molar-refractivity contribution in [3.05, 3.63) is 29.3 Å². The van der Waals surface area contributed by atoms with Gasteiger partial charge in [0.15, 0.2) is 0 Å². The molecule has 2 unspecified atom stereocenters. The third-order valence-corrected chi connectivity index (χ3v) is 6.81. The second-order valence-corrected chi connectivity index (χ2v) is 8.29. The van der Waals surface area contributed by atoms with Crippen molar-refractivity contribution in [2.45, 2.75) is 50.6 Å². The Hall–Kier alpha value is -0.910. The maximum atomic E-state index is 13.1. The Morgan fingerprint density at radius 2 is 2.05 bits per heavy atom. The number of piperidine rings is 1. The molecule has 2 atom stereocenters. The molecule has 0 aliphatic carbocycles. The molecule has 0 aromatic heterocycles. The zero-order valence-electron chi connectivity index (χ0n) is 12.8. The number of nitrogens with zero attached hydrogens (tertiary/aromatic N) is 1. The van der Waals surface area contributed by atoms with Crippen molar-refractivity contribution in [1.82, 2.24) is 9.62 Å². The third kappa shape index (κ3) is 2.74. The minimum absolute atomic E-state index is 0.101. The Kier molecular flexibility index (Phi) is 4.08. The molecule has 0 spiro atoms. The highest BCUT2D eigenvalue weighted by molar-refractivity contribution is 7.89. The van der Waals surface area contributed by atoms with Crippen LogP contribution in [0.1, 0.15) is 37.8 Å². The zero-order chi connectivity index (χ0) is 15.0. The highest BCUT2D eigenvalue weighted by atomic mass is 32.2. The van der Waals surface area contributed by atoms with Crippen LogP contribution in [0.5, 0.6) is 0 Å². The molecular weight excluding hydrogens is 284 g/mol. The van der Waals surface area contributed by atoms with Gasteiger partial charge in [-0.15, -0.1) is 0 Å². The van der Waals surface area contributed by atoms with Crippen molar-refractivity contribution in [2.24, 2.45) is 5.92 Å². The van der Waals surface area contributed by atoms with Crippen molar-refractivity contribution in [1.29, 1.82) is 0 Å². The van der Waals surface area contributed by atoms with Crippen LogP contribution in [0.2, 0.25) is 0 Å². The van der Waals surface area contributed by atoms with Crippen molar-refractivity contribution in [2.75, 3.05) is 13.1 Å². The number of rotatable bonds is 2. The first-order chi connectivity index (χ1) is 10.00. The molecule has 4 nitrogen and oxygen atoms in total. The van der Waals surface area contributed by atoms with Crippen LogP contribution in [0.25, 0.3) is 0 Å². The molecule has 1 saturated heterocycles. The van der Waals surface area contributed by atoms with E-state index in [1.807, 2.05) is 19.1 Å². The molecule has 0 amide bonds. The smallest absolute Gasteiger partial charge is 0.243 e. The van der Waals surface area contributed by atoms with Gasteiger partial charge in [-0.1, -0.05) is 19.1 Å². The minimum Gasteiger partial charge on any atom is -0.312 e. The lowest BCUT2D eigenvalue weighted by Gasteiger charge is -2.36. The summed E-state index contributed by atoms with van der Waals surface area (Å²) in [6, 6.07) is 5.79. The van der Waals surface area contributed by atoms with E-state index < -0.39 is 10.0 Å². The predicted octanol–water partition coefficient (Wildman–Crippen LogP) is 2.14. The second kappa shape index (κ2) is 5.71. The van der Waals surface area contributed by atoms with E-state index in [9.17, 15) is 8.42 Å². The van der Waals surface area contributed by atoms with Crippen molar-refractivity contribution >= 4 is 10.0 Å². The first-order valence-electron chi connectivity index (χ1n) is 7.83. The van der Waals surface area contributed by atoms with Crippen LogP contribution in [0.15, 0.2) is 23.1 Å². The van der Waals surface area contributed by atoms with Crippen LogP contribution >= 0.6 is 0 Å². The fraction of sp³-hybridized carbons (Fsp3) is 0.625. The number of hydrogen-bond donors (Lipinski definition) is 1. The van der Waals surface area contributed by atoms with Gasteiger partial charge in [0.1, 0.15) is 0 Å². The fourth-order valence-corrected chi connectivity index (χ4v) is 5.53. The molecule has 0 bridgehead atoms. The summed E-state index contributed by atoms with van der Waals surface area (Å²) in [5, 5.41) is 3.31. The summed E-state index contributed by atoms with van der Waals surface area (Å²) >= 11 is 0. The van der Waals surface area contributed by atoms with Crippen molar-refractivity contribution in [3.63, 3.8) is 0 Å². The summed E-state index contributed by atoms with van der Waals surface area (Å²) < 4.78 is 28.0. The molecule has 116 valence electrons. The van der Waals surface area contributed by atoms with Gasteiger partial charge in [-0.05, 0) is 55.8 Å². The van der Waals surface area contributed by atoms with Crippen molar-refractivity contribution < 1.29 is 8.42 Å². The van der Waals surface area contributed by atoms with E-state index in [1.165, 1.54) is 0 Å². The molecule has 5 heteroatoms. The van der Waals surface area contributed by atoms with E-state index >= 15 is 0 Å². The highest BCUT2D eigenvalue weighted by Crippen LogP contribution is 2.31. The van der Waals surface area contributed by atoms with Gasteiger partial charge >= 0.3 is 0 Å². The van der Waals surface area contributed by atoms with E-state index in [4.69, 9.17) is 0 Å².